The topological polar surface area (TPSA) is 57.6 Å². The Morgan fingerprint density at radius 2 is 1.71 bits per heavy atom. The van der Waals surface area contributed by atoms with Crippen molar-refractivity contribution in [3.8, 4) is 0 Å². The van der Waals surface area contributed by atoms with Gasteiger partial charge in [0.1, 0.15) is 0 Å². The van der Waals surface area contributed by atoms with Gasteiger partial charge in [0.05, 0.1) is 0 Å². The van der Waals surface area contributed by atoms with Crippen molar-refractivity contribution in [3.05, 3.63) is 41.5 Å². The molecule has 1 radical (unpaired) electrons. The number of aliphatic hydroxyl groups is 1. The number of aliphatic hydroxyl groups excluding tert-OH is 1. The number of carbonyl (C=O) groups is 2. The van der Waals surface area contributed by atoms with Crippen LogP contribution in [0.1, 0.15) is 20.7 Å². The van der Waals surface area contributed by atoms with Crippen LogP contribution in [0.2, 0.25) is 9.88 Å². The van der Waals surface area contributed by atoms with Crippen LogP contribution in [0.25, 0.3) is 10.8 Å². The van der Waals surface area contributed by atoms with E-state index in [1.807, 2.05) is 24.3 Å². The van der Waals surface area contributed by atoms with Crippen LogP contribution >= 0.6 is 0 Å². The number of carbonyl (C=O) groups excluding carboxylic acids is 2. The van der Waals surface area contributed by atoms with Gasteiger partial charge in [-0.05, 0) is 0 Å². The van der Waals surface area contributed by atoms with Crippen molar-refractivity contribution >= 4 is 45.9 Å². The van der Waals surface area contributed by atoms with Gasteiger partial charge < -0.3 is 0 Å². The summed E-state index contributed by atoms with van der Waals surface area (Å²) in [5.74, 6) is -0.608. The Labute approximate surface area is 130 Å². The standard InChI is InChI=1S/C14H10NO3.2CH3.Sn/c16-8-7-15-13(17)10-5-1-3-9-4-2-6-11(12(9)10)14(15)18;;;/h1-3,5-6,16H,7-8H2;2*1H3;. The molecule has 0 atom stereocenters. The third-order valence-electron chi connectivity index (χ3n) is 3.85. The Hall–Kier alpha value is -1.40. The van der Waals surface area contributed by atoms with Crippen molar-refractivity contribution in [3.63, 3.8) is 0 Å². The van der Waals surface area contributed by atoms with Gasteiger partial charge in [0.15, 0.2) is 0 Å². The molecule has 1 N–H and O–H groups in total. The summed E-state index contributed by atoms with van der Waals surface area (Å²) in [4.78, 5) is 30.7. The van der Waals surface area contributed by atoms with Gasteiger partial charge in [-0.2, -0.15) is 0 Å². The minimum absolute atomic E-state index is 0.0395. The third-order valence-corrected chi connectivity index (χ3v) is 8.17. The maximum absolute atomic E-state index is 12.5. The second kappa shape index (κ2) is 5.42. The second-order valence-corrected chi connectivity index (χ2v) is 12.6. The van der Waals surface area contributed by atoms with E-state index in [0.29, 0.717) is 11.1 Å². The number of nitrogens with zero attached hydrogens (tertiary/aromatic N) is 1. The SMILES string of the molecule is [CH3][Sn]([CH3])[c]1ccc2c3c(cccc13)C(=O)N(CCO)C2=O. The van der Waals surface area contributed by atoms with E-state index in [-0.39, 0.29) is 25.0 Å². The molecule has 0 fully saturated rings. The quantitative estimate of drug-likeness (QED) is 0.638. The number of rotatable bonds is 3. The second-order valence-electron chi connectivity index (χ2n) is 5.37. The summed E-state index contributed by atoms with van der Waals surface area (Å²) in [6.45, 7) is -0.180. The average Bonchev–Trinajstić information content (AvgIpc) is 2.48. The zero-order valence-corrected chi connectivity index (χ0v) is 14.9. The van der Waals surface area contributed by atoms with E-state index in [4.69, 9.17) is 5.11 Å². The Balaban J connectivity index is 2.33. The molecule has 0 aromatic heterocycles. The molecule has 5 heteroatoms. The van der Waals surface area contributed by atoms with Crippen molar-refractivity contribution in [1.82, 2.24) is 4.90 Å². The van der Waals surface area contributed by atoms with Gasteiger partial charge in [-0.1, -0.05) is 0 Å². The first kappa shape index (κ1) is 14.5. The van der Waals surface area contributed by atoms with Crippen molar-refractivity contribution in [2.24, 2.45) is 0 Å². The molecular formula is C16H16NO3Sn. The molecule has 1 heterocycles. The number of benzene rings is 2. The normalized spacial score (nSPS) is 14.4. The van der Waals surface area contributed by atoms with Gasteiger partial charge >= 0.3 is 130 Å². The first-order chi connectivity index (χ1) is 10.1. The van der Waals surface area contributed by atoms with Gasteiger partial charge in [-0.25, -0.2) is 0 Å². The van der Waals surface area contributed by atoms with E-state index in [1.165, 1.54) is 3.58 Å². The molecule has 0 aliphatic carbocycles. The van der Waals surface area contributed by atoms with E-state index >= 15 is 0 Å². The van der Waals surface area contributed by atoms with Gasteiger partial charge in [-0.3, -0.25) is 0 Å². The molecule has 0 saturated heterocycles. The molecule has 2 aromatic rings. The van der Waals surface area contributed by atoms with Crippen LogP contribution in [0.4, 0.5) is 0 Å². The van der Waals surface area contributed by atoms with E-state index in [1.54, 1.807) is 6.07 Å². The molecule has 2 aromatic carbocycles. The number of amides is 2. The van der Waals surface area contributed by atoms with Gasteiger partial charge in [0.2, 0.25) is 0 Å². The van der Waals surface area contributed by atoms with E-state index < -0.39 is 19.8 Å². The fourth-order valence-electron chi connectivity index (χ4n) is 2.89. The Morgan fingerprint density at radius 1 is 1.05 bits per heavy atom. The van der Waals surface area contributed by atoms with Crippen molar-refractivity contribution in [2.45, 2.75) is 9.88 Å². The Kier molecular flexibility index (Phi) is 3.75. The molecule has 1 aliphatic rings. The Bertz CT molecular complexity index is 732. The minimum atomic E-state index is -1.62. The monoisotopic (exact) mass is 390 g/mol. The molecule has 0 bridgehead atoms. The van der Waals surface area contributed by atoms with Crippen LogP contribution in [0.3, 0.4) is 0 Å². The molecule has 0 spiro atoms. The molecule has 0 unspecified atom stereocenters. The van der Waals surface area contributed by atoms with Crippen LogP contribution in [-0.2, 0) is 0 Å². The van der Waals surface area contributed by atoms with Gasteiger partial charge in [-0.15, -0.1) is 0 Å². The summed E-state index contributed by atoms with van der Waals surface area (Å²) in [7, 11) is 0. The van der Waals surface area contributed by atoms with Crippen molar-refractivity contribution < 1.29 is 14.7 Å². The molecule has 1 aliphatic heterocycles. The van der Waals surface area contributed by atoms with E-state index in [2.05, 4.69) is 9.88 Å². The van der Waals surface area contributed by atoms with Gasteiger partial charge in [0, 0.05) is 0 Å². The molecule has 0 saturated carbocycles. The molecule has 3 rings (SSSR count). The summed E-state index contributed by atoms with van der Waals surface area (Å²) in [5.41, 5.74) is 1.14. The predicted octanol–water partition coefficient (Wildman–Crippen LogP) is 1.39. The fraction of sp³-hybridized carbons (Fsp3) is 0.250. The van der Waals surface area contributed by atoms with Gasteiger partial charge in [0.25, 0.3) is 0 Å². The van der Waals surface area contributed by atoms with Crippen molar-refractivity contribution in [1.29, 1.82) is 0 Å². The third kappa shape index (κ3) is 2.17. The summed E-state index contributed by atoms with van der Waals surface area (Å²) < 4.78 is 1.33. The fourth-order valence-corrected chi connectivity index (χ4v) is 6.21. The first-order valence-corrected chi connectivity index (χ1v) is 14.0. The zero-order chi connectivity index (χ0) is 15.1. The van der Waals surface area contributed by atoms with Crippen LogP contribution in [0.5, 0.6) is 0 Å². The molecule has 21 heavy (non-hydrogen) atoms. The summed E-state index contributed by atoms with van der Waals surface area (Å²) in [5, 5.41) is 10.9. The summed E-state index contributed by atoms with van der Waals surface area (Å²) >= 11 is -1.62. The maximum atomic E-state index is 12.5. The van der Waals surface area contributed by atoms with E-state index in [9.17, 15) is 9.59 Å². The number of hydrogen-bond donors (Lipinski definition) is 1. The molecule has 4 nitrogen and oxygen atoms in total. The van der Waals surface area contributed by atoms with E-state index in [0.717, 1.165) is 15.7 Å². The summed E-state index contributed by atoms with van der Waals surface area (Å²) in [6.07, 6.45) is 0. The number of imide groups is 1. The number of β-amino-alcohol motifs (C(OH)–C–C–N with tert-alkyl or cyclic N) is 1. The van der Waals surface area contributed by atoms with Crippen LogP contribution in [-0.4, -0.2) is 54.7 Å². The average molecular weight is 389 g/mol. The number of hydrogen-bond acceptors (Lipinski definition) is 3. The zero-order valence-electron chi connectivity index (χ0n) is 12.0. The van der Waals surface area contributed by atoms with Crippen LogP contribution in [0.15, 0.2) is 30.3 Å². The molecule has 107 valence electrons. The predicted molar refractivity (Wildman–Crippen MR) is 83.5 cm³/mol. The Morgan fingerprint density at radius 3 is 2.33 bits per heavy atom. The first-order valence-electron chi connectivity index (χ1n) is 6.89. The molecule has 2 amide bonds. The van der Waals surface area contributed by atoms with Crippen molar-refractivity contribution in [2.75, 3.05) is 13.2 Å². The summed E-state index contributed by atoms with van der Waals surface area (Å²) in [6, 6.07) is 9.54. The van der Waals surface area contributed by atoms with Crippen LogP contribution in [0, 0.1) is 0 Å². The van der Waals surface area contributed by atoms with Crippen LogP contribution < -0.4 is 3.58 Å². The molecular weight excluding hydrogens is 373 g/mol.